The predicted molar refractivity (Wildman–Crippen MR) is 72.0 cm³/mol. The highest BCUT2D eigenvalue weighted by Crippen LogP contribution is 2.45. The van der Waals surface area contributed by atoms with Crippen molar-refractivity contribution in [1.29, 1.82) is 0 Å². The SMILES string of the molecule is CCCCC1CCC(CO)(C(C)COC)CC1. The van der Waals surface area contributed by atoms with Gasteiger partial charge in [0.1, 0.15) is 0 Å². The van der Waals surface area contributed by atoms with Crippen LogP contribution in [0.1, 0.15) is 58.8 Å². The maximum atomic E-state index is 9.75. The highest BCUT2D eigenvalue weighted by atomic mass is 16.5. The number of hydrogen-bond acceptors (Lipinski definition) is 2. The quantitative estimate of drug-likeness (QED) is 0.738. The number of rotatable bonds is 7. The summed E-state index contributed by atoms with van der Waals surface area (Å²) in [5.41, 5.74) is 0.138. The van der Waals surface area contributed by atoms with Crippen LogP contribution in [-0.2, 0) is 4.74 Å². The average Bonchev–Trinajstić information content (AvgIpc) is 2.37. The van der Waals surface area contributed by atoms with Crippen molar-refractivity contribution >= 4 is 0 Å². The van der Waals surface area contributed by atoms with Gasteiger partial charge in [0.2, 0.25) is 0 Å². The maximum absolute atomic E-state index is 9.75. The van der Waals surface area contributed by atoms with E-state index in [1.54, 1.807) is 7.11 Å². The van der Waals surface area contributed by atoms with Crippen LogP contribution < -0.4 is 0 Å². The van der Waals surface area contributed by atoms with Crippen molar-refractivity contribution in [2.24, 2.45) is 17.3 Å². The Labute approximate surface area is 107 Å². The molecule has 1 unspecified atom stereocenters. The summed E-state index contributed by atoms with van der Waals surface area (Å²) in [6, 6.07) is 0. The Balaban J connectivity index is 2.45. The lowest BCUT2D eigenvalue weighted by atomic mass is 9.64. The number of ether oxygens (including phenoxy) is 1. The van der Waals surface area contributed by atoms with Crippen molar-refractivity contribution in [3.63, 3.8) is 0 Å². The van der Waals surface area contributed by atoms with E-state index in [1.165, 1.54) is 44.9 Å². The van der Waals surface area contributed by atoms with Gasteiger partial charge in [-0.2, -0.15) is 0 Å². The van der Waals surface area contributed by atoms with Crippen LogP contribution in [0.2, 0.25) is 0 Å². The smallest absolute Gasteiger partial charge is 0.0494 e. The predicted octanol–water partition coefficient (Wildman–Crippen LogP) is 3.63. The van der Waals surface area contributed by atoms with Crippen molar-refractivity contribution in [2.75, 3.05) is 20.3 Å². The summed E-state index contributed by atoms with van der Waals surface area (Å²) in [6.45, 7) is 5.60. The monoisotopic (exact) mass is 242 g/mol. The molecule has 0 spiro atoms. The first kappa shape index (κ1) is 15.0. The van der Waals surface area contributed by atoms with Crippen molar-refractivity contribution in [2.45, 2.75) is 58.8 Å². The first-order valence-electron chi connectivity index (χ1n) is 7.28. The molecule has 1 N–H and O–H groups in total. The third-order valence-electron chi connectivity index (χ3n) is 4.84. The third-order valence-corrected chi connectivity index (χ3v) is 4.84. The molecule has 17 heavy (non-hydrogen) atoms. The van der Waals surface area contributed by atoms with Gasteiger partial charge >= 0.3 is 0 Å². The van der Waals surface area contributed by atoms with Crippen molar-refractivity contribution in [3.8, 4) is 0 Å². The van der Waals surface area contributed by atoms with Gasteiger partial charge in [0, 0.05) is 20.3 Å². The van der Waals surface area contributed by atoms with Crippen LogP contribution in [0.15, 0.2) is 0 Å². The van der Waals surface area contributed by atoms with E-state index in [4.69, 9.17) is 4.74 Å². The summed E-state index contributed by atoms with van der Waals surface area (Å²) in [6.07, 6.45) is 9.02. The molecule has 0 aromatic heterocycles. The van der Waals surface area contributed by atoms with E-state index < -0.39 is 0 Å². The van der Waals surface area contributed by atoms with E-state index in [9.17, 15) is 5.11 Å². The molecule has 2 heteroatoms. The van der Waals surface area contributed by atoms with Crippen molar-refractivity contribution in [3.05, 3.63) is 0 Å². The molecule has 0 radical (unpaired) electrons. The minimum absolute atomic E-state index is 0.138. The number of aliphatic hydroxyl groups is 1. The molecule has 0 aromatic rings. The van der Waals surface area contributed by atoms with E-state index in [1.807, 2.05) is 0 Å². The van der Waals surface area contributed by atoms with E-state index in [2.05, 4.69) is 13.8 Å². The first-order chi connectivity index (χ1) is 8.18. The van der Waals surface area contributed by atoms with Gasteiger partial charge in [0.25, 0.3) is 0 Å². The van der Waals surface area contributed by atoms with Gasteiger partial charge in [-0.05, 0) is 42.9 Å². The highest BCUT2D eigenvalue weighted by molar-refractivity contribution is 4.89. The zero-order chi connectivity index (χ0) is 12.7. The second-order valence-corrected chi connectivity index (χ2v) is 5.96. The van der Waals surface area contributed by atoms with Gasteiger partial charge in [-0.25, -0.2) is 0 Å². The Morgan fingerprint density at radius 2 is 2.00 bits per heavy atom. The standard InChI is InChI=1S/C15H30O2/c1-4-5-6-14-7-9-15(12-16,10-8-14)13(2)11-17-3/h13-14,16H,4-12H2,1-3H3. The van der Waals surface area contributed by atoms with Crippen molar-refractivity contribution < 1.29 is 9.84 Å². The molecule has 0 aliphatic heterocycles. The summed E-state index contributed by atoms with van der Waals surface area (Å²) in [4.78, 5) is 0. The van der Waals surface area contributed by atoms with E-state index >= 15 is 0 Å². The minimum Gasteiger partial charge on any atom is -0.396 e. The molecule has 0 bridgehead atoms. The molecule has 0 aromatic carbocycles. The Kier molecular flexibility index (Phi) is 6.50. The normalized spacial score (nSPS) is 31.4. The molecular formula is C15H30O2. The second kappa shape index (κ2) is 7.38. The molecule has 0 heterocycles. The highest BCUT2D eigenvalue weighted by Gasteiger charge is 2.38. The topological polar surface area (TPSA) is 29.5 Å². The molecule has 1 rings (SSSR count). The molecule has 1 aliphatic rings. The third kappa shape index (κ3) is 3.96. The van der Waals surface area contributed by atoms with Crippen LogP contribution in [0.25, 0.3) is 0 Å². The number of methoxy groups -OCH3 is 1. The Morgan fingerprint density at radius 1 is 1.35 bits per heavy atom. The van der Waals surface area contributed by atoms with Gasteiger partial charge in [-0.1, -0.05) is 33.1 Å². The van der Waals surface area contributed by atoms with Gasteiger partial charge in [0.05, 0.1) is 0 Å². The Morgan fingerprint density at radius 3 is 2.47 bits per heavy atom. The van der Waals surface area contributed by atoms with Gasteiger partial charge < -0.3 is 9.84 Å². The molecule has 102 valence electrons. The summed E-state index contributed by atoms with van der Waals surface area (Å²) in [5.74, 6) is 1.38. The molecule has 1 aliphatic carbocycles. The second-order valence-electron chi connectivity index (χ2n) is 5.96. The van der Waals surface area contributed by atoms with Crippen LogP contribution in [0.4, 0.5) is 0 Å². The van der Waals surface area contributed by atoms with Gasteiger partial charge in [-0.3, -0.25) is 0 Å². The fourth-order valence-corrected chi connectivity index (χ4v) is 3.27. The average molecular weight is 242 g/mol. The number of hydrogen-bond donors (Lipinski definition) is 1. The molecule has 2 nitrogen and oxygen atoms in total. The number of unbranched alkanes of at least 4 members (excludes halogenated alkanes) is 1. The van der Waals surface area contributed by atoms with E-state index in [0.717, 1.165) is 12.5 Å². The van der Waals surface area contributed by atoms with Crippen LogP contribution in [-0.4, -0.2) is 25.4 Å². The Bertz CT molecular complexity index is 195. The maximum Gasteiger partial charge on any atom is 0.0494 e. The summed E-state index contributed by atoms with van der Waals surface area (Å²) in [7, 11) is 1.76. The molecule has 1 atom stereocenters. The largest absolute Gasteiger partial charge is 0.396 e. The lowest BCUT2D eigenvalue weighted by Gasteiger charge is -2.43. The Hall–Kier alpha value is -0.0800. The van der Waals surface area contributed by atoms with Gasteiger partial charge in [-0.15, -0.1) is 0 Å². The summed E-state index contributed by atoms with van der Waals surface area (Å²) >= 11 is 0. The van der Waals surface area contributed by atoms with Gasteiger partial charge in [0.15, 0.2) is 0 Å². The van der Waals surface area contributed by atoms with Crippen LogP contribution in [0.5, 0.6) is 0 Å². The van der Waals surface area contributed by atoms with Crippen LogP contribution in [0, 0.1) is 17.3 Å². The first-order valence-corrected chi connectivity index (χ1v) is 7.28. The van der Waals surface area contributed by atoms with Crippen molar-refractivity contribution in [1.82, 2.24) is 0 Å². The zero-order valence-electron chi connectivity index (χ0n) is 11.9. The fraction of sp³-hybridized carbons (Fsp3) is 1.00. The zero-order valence-corrected chi connectivity index (χ0v) is 11.9. The lowest BCUT2D eigenvalue weighted by molar-refractivity contribution is -0.0166. The summed E-state index contributed by atoms with van der Waals surface area (Å²) < 4.78 is 5.26. The van der Waals surface area contributed by atoms with E-state index in [0.29, 0.717) is 12.5 Å². The van der Waals surface area contributed by atoms with E-state index in [-0.39, 0.29) is 5.41 Å². The fourth-order valence-electron chi connectivity index (χ4n) is 3.27. The molecule has 0 saturated heterocycles. The molecular weight excluding hydrogens is 212 g/mol. The van der Waals surface area contributed by atoms with Crippen LogP contribution >= 0.6 is 0 Å². The van der Waals surface area contributed by atoms with Crippen LogP contribution in [0.3, 0.4) is 0 Å². The minimum atomic E-state index is 0.138. The molecule has 0 amide bonds. The lowest BCUT2D eigenvalue weighted by Crippen LogP contribution is -2.39. The number of aliphatic hydroxyl groups excluding tert-OH is 1. The molecule has 1 saturated carbocycles. The molecule has 1 fully saturated rings. The summed E-state index contributed by atoms with van der Waals surface area (Å²) in [5, 5.41) is 9.75.